The van der Waals surface area contributed by atoms with E-state index in [2.05, 4.69) is 41.2 Å². The molecule has 2 atom stereocenters. The van der Waals surface area contributed by atoms with Crippen LogP contribution in [-0.2, 0) is 6.61 Å². The summed E-state index contributed by atoms with van der Waals surface area (Å²) in [4.78, 5) is 11.6. The maximum absolute atomic E-state index is 6.32. The number of ether oxygens (including phenoxy) is 1. The minimum Gasteiger partial charge on any atom is -0.489 e. The first-order valence-corrected chi connectivity index (χ1v) is 11.5. The molecule has 2 aromatic carbocycles. The second-order valence-corrected chi connectivity index (χ2v) is 9.16. The van der Waals surface area contributed by atoms with Crippen LogP contribution >= 0.6 is 0 Å². The van der Waals surface area contributed by atoms with Crippen molar-refractivity contribution in [2.75, 3.05) is 26.4 Å². The van der Waals surface area contributed by atoms with Gasteiger partial charge in [0.05, 0.1) is 0 Å². The third-order valence-corrected chi connectivity index (χ3v) is 6.37. The summed E-state index contributed by atoms with van der Waals surface area (Å²) in [5.74, 6) is 3.25. The van der Waals surface area contributed by atoms with Crippen LogP contribution < -0.4 is 10.5 Å². The van der Waals surface area contributed by atoms with Crippen molar-refractivity contribution in [2.45, 2.75) is 31.8 Å². The molecule has 0 saturated heterocycles. The molecule has 0 radical (unpaired) electrons. The van der Waals surface area contributed by atoms with Crippen molar-refractivity contribution in [3.8, 4) is 17.0 Å². The summed E-state index contributed by atoms with van der Waals surface area (Å²) >= 11 is 0. The summed E-state index contributed by atoms with van der Waals surface area (Å²) in [6.45, 7) is 1.62. The molecule has 1 aliphatic carbocycles. The van der Waals surface area contributed by atoms with E-state index in [-0.39, 0.29) is 0 Å². The third kappa shape index (κ3) is 4.54. The number of hydrogen-bond donors (Lipinski definition) is 1. The zero-order valence-corrected chi connectivity index (χ0v) is 19.2. The summed E-state index contributed by atoms with van der Waals surface area (Å²) < 4.78 is 7.95. The molecule has 2 heterocycles. The summed E-state index contributed by atoms with van der Waals surface area (Å²) in [5, 5.41) is 4.54. The first kappa shape index (κ1) is 21.4. The Balaban J connectivity index is 1.46. The van der Waals surface area contributed by atoms with Crippen LogP contribution in [0, 0.1) is 5.92 Å². The minimum atomic E-state index is 0.364. The molecular formula is C26H30N6O. The van der Waals surface area contributed by atoms with E-state index in [1.807, 2.05) is 47.0 Å². The molecular weight excluding hydrogens is 412 g/mol. The zero-order valence-electron chi connectivity index (χ0n) is 19.2. The van der Waals surface area contributed by atoms with Gasteiger partial charge >= 0.3 is 0 Å². The number of anilines is 1. The standard InChI is InChI=1S/C26H30N6O/c1-31(2)15-19-11-12-21(13-19)26-30-23(24-25(27)28-17-29-32(24)26)20-9-6-10-22(14-20)33-16-18-7-4-3-5-8-18/h3-10,14,17,19,21H,11-13,15-16H2,1-2H3,(H2,27,28,29). The van der Waals surface area contributed by atoms with Gasteiger partial charge in [0.15, 0.2) is 5.82 Å². The lowest BCUT2D eigenvalue weighted by atomic mass is 10.0. The summed E-state index contributed by atoms with van der Waals surface area (Å²) in [6.07, 6.45) is 4.95. The second-order valence-electron chi connectivity index (χ2n) is 9.16. The molecule has 0 bridgehead atoms. The van der Waals surface area contributed by atoms with Crippen LogP contribution in [0.25, 0.3) is 16.8 Å². The van der Waals surface area contributed by atoms with E-state index in [4.69, 9.17) is 15.5 Å². The molecule has 7 heteroatoms. The van der Waals surface area contributed by atoms with E-state index in [1.165, 1.54) is 12.7 Å². The quantitative estimate of drug-likeness (QED) is 0.457. The van der Waals surface area contributed by atoms with Gasteiger partial charge in [0.1, 0.15) is 35.7 Å². The number of nitrogen functional groups attached to an aromatic ring is 1. The molecule has 1 saturated carbocycles. The smallest absolute Gasteiger partial charge is 0.153 e. The zero-order chi connectivity index (χ0) is 22.8. The van der Waals surface area contributed by atoms with Crippen molar-refractivity contribution >= 4 is 11.3 Å². The largest absolute Gasteiger partial charge is 0.489 e. The molecule has 0 amide bonds. The van der Waals surface area contributed by atoms with Crippen molar-refractivity contribution in [1.29, 1.82) is 0 Å². The van der Waals surface area contributed by atoms with E-state index in [1.54, 1.807) is 0 Å². The topological polar surface area (TPSA) is 81.6 Å². The summed E-state index contributed by atoms with van der Waals surface area (Å²) in [5.41, 5.74) is 9.98. The fraction of sp³-hybridized carbons (Fsp3) is 0.346. The highest BCUT2D eigenvalue weighted by atomic mass is 16.5. The van der Waals surface area contributed by atoms with E-state index in [0.717, 1.165) is 53.3 Å². The van der Waals surface area contributed by atoms with Crippen molar-refractivity contribution in [3.05, 3.63) is 72.3 Å². The van der Waals surface area contributed by atoms with Gasteiger partial charge in [-0.1, -0.05) is 42.5 Å². The first-order valence-electron chi connectivity index (χ1n) is 11.5. The molecule has 2 N–H and O–H groups in total. The van der Waals surface area contributed by atoms with Gasteiger partial charge in [-0.15, -0.1) is 0 Å². The first-order chi connectivity index (χ1) is 16.1. The summed E-state index contributed by atoms with van der Waals surface area (Å²) in [7, 11) is 4.27. The molecule has 1 fully saturated rings. The van der Waals surface area contributed by atoms with E-state index < -0.39 is 0 Å². The number of fused-ring (bicyclic) bond motifs is 1. The average Bonchev–Trinajstić information content (AvgIpc) is 3.43. The van der Waals surface area contributed by atoms with Gasteiger partial charge in [-0.2, -0.15) is 5.10 Å². The molecule has 1 aliphatic rings. The van der Waals surface area contributed by atoms with E-state index in [0.29, 0.717) is 24.3 Å². The molecule has 5 rings (SSSR count). The van der Waals surface area contributed by atoms with Gasteiger partial charge in [-0.25, -0.2) is 14.5 Å². The van der Waals surface area contributed by atoms with Gasteiger partial charge < -0.3 is 15.4 Å². The Morgan fingerprint density at radius 1 is 1.09 bits per heavy atom. The van der Waals surface area contributed by atoms with Crippen LogP contribution in [0.5, 0.6) is 5.75 Å². The highest BCUT2D eigenvalue weighted by Gasteiger charge is 2.31. The normalized spacial score (nSPS) is 18.3. The predicted molar refractivity (Wildman–Crippen MR) is 130 cm³/mol. The highest BCUT2D eigenvalue weighted by molar-refractivity contribution is 5.85. The Labute approximate surface area is 194 Å². The SMILES string of the molecule is CN(C)CC1CCC(c2nc(-c3cccc(OCc4ccccc4)c3)c3c(N)ncnn23)C1. The lowest BCUT2D eigenvalue weighted by molar-refractivity contribution is 0.306. The lowest BCUT2D eigenvalue weighted by Crippen LogP contribution is -2.19. The molecule has 2 aromatic heterocycles. The molecule has 4 aromatic rings. The Hall–Kier alpha value is -3.45. The molecule has 2 unspecified atom stereocenters. The van der Waals surface area contributed by atoms with Gasteiger partial charge in [0, 0.05) is 18.0 Å². The lowest BCUT2D eigenvalue weighted by Gasteiger charge is -2.15. The van der Waals surface area contributed by atoms with Crippen LogP contribution in [-0.4, -0.2) is 45.1 Å². The number of imidazole rings is 1. The van der Waals surface area contributed by atoms with Crippen LogP contribution in [0.3, 0.4) is 0 Å². The minimum absolute atomic E-state index is 0.364. The average molecular weight is 443 g/mol. The van der Waals surface area contributed by atoms with Crippen molar-refractivity contribution in [2.24, 2.45) is 5.92 Å². The Bertz CT molecular complexity index is 1240. The van der Waals surface area contributed by atoms with Crippen molar-refractivity contribution in [1.82, 2.24) is 24.5 Å². The Morgan fingerprint density at radius 3 is 2.76 bits per heavy atom. The second kappa shape index (κ2) is 9.19. The van der Waals surface area contributed by atoms with Crippen LogP contribution in [0.15, 0.2) is 60.9 Å². The number of nitrogens with zero attached hydrogens (tertiary/aromatic N) is 5. The van der Waals surface area contributed by atoms with Gasteiger partial charge in [-0.05, 0) is 57.0 Å². The third-order valence-electron chi connectivity index (χ3n) is 6.37. The molecule has 0 spiro atoms. The van der Waals surface area contributed by atoms with Crippen molar-refractivity contribution < 1.29 is 4.74 Å². The van der Waals surface area contributed by atoms with Gasteiger partial charge in [-0.3, -0.25) is 0 Å². The maximum atomic E-state index is 6.32. The Kier molecular flexibility index (Phi) is 5.96. The molecule has 170 valence electrons. The van der Waals surface area contributed by atoms with E-state index in [9.17, 15) is 0 Å². The number of benzene rings is 2. The fourth-order valence-electron chi connectivity index (χ4n) is 4.91. The molecule has 33 heavy (non-hydrogen) atoms. The number of hydrogen-bond acceptors (Lipinski definition) is 6. The van der Waals surface area contributed by atoms with Gasteiger partial charge in [0.2, 0.25) is 0 Å². The fourth-order valence-corrected chi connectivity index (χ4v) is 4.91. The number of rotatable bonds is 7. The van der Waals surface area contributed by atoms with Crippen LogP contribution in [0.2, 0.25) is 0 Å². The monoisotopic (exact) mass is 442 g/mol. The predicted octanol–water partition coefficient (Wildman–Crippen LogP) is 4.40. The number of nitrogens with two attached hydrogens (primary N) is 1. The molecule has 0 aliphatic heterocycles. The van der Waals surface area contributed by atoms with Crippen LogP contribution in [0.1, 0.15) is 36.6 Å². The van der Waals surface area contributed by atoms with Crippen LogP contribution in [0.4, 0.5) is 5.82 Å². The maximum Gasteiger partial charge on any atom is 0.153 e. The van der Waals surface area contributed by atoms with E-state index >= 15 is 0 Å². The highest BCUT2D eigenvalue weighted by Crippen LogP contribution is 2.40. The molecule has 7 nitrogen and oxygen atoms in total. The summed E-state index contributed by atoms with van der Waals surface area (Å²) in [6, 6.07) is 18.2. The van der Waals surface area contributed by atoms with Gasteiger partial charge in [0.25, 0.3) is 0 Å². The van der Waals surface area contributed by atoms with Crippen molar-refractivity contribution in [3.63, 3.8) is 0 Å². The Morgan fingerprint density at radius 2 is 1.94 bits per heavy atom. The number of aromatic nitrogens is 4.